The fourth-order valence-electron chi connectivity index (χ4n) is 1.82. The molecule has 0 aromatic heterocycles. The first kappa shape index (κ1) is 14.8. The maximum absolute atomic E-state index is 13.8. The molecule has 0 radical (unpaired) electrons. The molecule has 0 amide bonds. The molecular weight excluding hydrogens is 277 g/mol. The Morgan fingerprint density at radius 3 is 2.80 bits per heavy atom. The van der Waals surface area contributed by atoms with Gasteiger partial charge in [-0.1, -0.05) is 36.7 Å². The molecule has 0 aliphatic rings. The van der Waals surface area contributed by atoms with Gasteiger partial charge in [-0.3, -0.25) is 0 Å². The quantitative estimate of drug-likeness (QED) is 0.775. The second-order valence-electron chi connectivity index (χ2n) is 4.48. The average Bonchev–Trinajstić information content (AvgIpc) is 2.45. The second kappa shape index (κ2) is 7.27. The molecule has 20 heavy (non-hydrogen) atoms. The zero-order valence-electron chi connectivity index (χ0n) is 11.3. The minimum Gasteiger partial charge on any atom is -0.454 e. The Hall–Kier alpha value is -1.58. The summed E-state index contributed by atoms with van der Waals surface area (Å²) in [6, 6.07) is 12.3. The number of hydrogen-bond acceptors (Lipinski definition) is 2. The number of nitrogens with one attached hydrogen (secondary N) is 1. The van der Waals surface area contributed by atoms with Crippen LogP contribution in [0.3, 0.4) is 0 Å². The van der Waals surface area contributed by atoms with Gasteiger partial charge in [-0.2, -0.15) is 0 Å². The average molecular weight is 294 g/mol. The summed E-state index contributed by atoms with van der Waals surface area (Å²) >= 11 is 5.73. The maximum Gasteiger partial charge on any atom is 0.184 e. The van der Waals surface area contributed by atoms with Crippen LogP contribution in [0, 0.1) is 5.82 Å². The van der Waals surface area contributed by atoms with Gasteiger partial charge in [-0.05, 0) is 42.8 Å². The SMILES string of the molecule is CCCNCc1cccc(Oc2cccc(Cl)c2F)c1. The Balaban J connectivity index is 2.09. The molecule has 0 fully saturated rings. The van der Waals surface area contributed by atoms with E-state index >= 15 is 0 Å². The molecule has 2 nitrogen and oxygen atoms in total. The highest BCUT2D eigenvalue weighted by atomic mass is 35.5. The topological polar surface area (TPSA) is 21.3 Å². The van der Waals surface area contributed by atoms with Crippen molar-refractivity contribution in [2.24, 2.45) is 0 Å². The fourth-order valence-corrected chi connectivity index (χ4v) is 1.98. The summed E-state index contributed by atoms with van der Waals surface area (Å²) < 4.78 is 19.3. The van der Waals surface area contributed by atoms with Crippen LogP contribution >= 0.6 is 11.6 Å². The summed E-state index contributed by atoms with van der Waals surface area (Å²) in [7, 11) is 0. The van der Waals surface area contributed by atoms with Crippen molar-refractivity contribution in [1.29, 1.82) is 0 Å². The van der Waals surface area contributed by atoms with Gasteiger partial charge in [-0.25, -0.2) is 4.39 Å². The third-order valence-electron chi connectivity index (χ3n) is 2.80. The molecule has 2 aromatic carbocycles. The Labute approximate surface area is 123 Å². The van der Waals surface area contributed by atoms with E-state index in [-0.39, 0.29) is 10.8 Å². The van der Waals surface area contributed by atoms with E-state index in [4.69, 9.17) is 16.3 Å². The molecule has 0 atom stereocenters. The maximum atomic E-state index is 13.8. The third-order valence-corrected chi connectivity index (χ3v) is 3.09. The van der Waals surface area contributed by atoms with Crippen molar-refractivity contribution < 1.29 is 9.13 Å². The van der Waals surface area contributed by atoms with Crippen molar-refractivity contribution in [3.63, 3.8) is 0 Å². The van der Waals surface area contributed by atoms with Gasteiger partial charge >= 0.3 is 0 Å². The minimum atomic E-state index is -0.538. The van der Waals surface area contributed by atoms with E-state index in [1.807, 2.05) is 18.2 Å². The van der Waals surface area contributed by atoms with Crippen LogP contribution in [0.25, 0.3) is 0 Å². The normalized spacial score (nSPS) is 10.6. The summed E-state index contributed by atoms with van der Waals surface area (Å²) in [5, 5.41) is 3.37. The van der Waals surface area contributed by atoms with Gasteiger partial charge < -0.3 is 10.1 Å². The van der Waals surface area contributed by atoms with Gasteiger partial charge in [0.15, 0.2) is 11.6 Å². The van der Waals surface area contributed by atoms with Crippen molar-refractivity contribution in [3.8, 4) is 11.5 Å². The molecule has 4 heteroatoms. The molecule has 1 N–H and O–H groups in total. The fraction of sp³-hybridized carbons (Fsp3) is 0.250. The van der Waals surface area contributed by atoms with Crippen molar-refractivity contribution >= 4 is 11.6 Å². The van der Waals surface area contributed by atoms with Gasteiger partial charge in [0.25, 0.3) is 0 Å². The van der Waals surface area contributed by atoms with Gasteiger partial charge in [0.1, 0.15) is 5.75 Å². The van der Waals surface area contributed by atoms with Crippen LogP contribution in [0.15, 0.2) is 42.5 Å². The summed E-state index contributed by atoms with van der Waals surface area (Å²) in [5.74, 6) is 0.196. The van der Waals surface area contributed by atoms with Crippen LogP contribution in [0.2, 0.25) is 5.02 Å². The highest BCUT2D eigenvalue weighted by Gasteiger charge is 2.08. The van der Waals surface area contributed by atoms with Gasteiger partial charge in [0.05, 0.1) is 5.02 Å². The Morgan fingerprint density at radius 2 is 2.00 bits per heavy atom. The molecule has 0 spiro atoms. The highest BCUT2D eigenvalue weighted by molar-refractivity contribution is 6.30. The lowest BCUT2D eigenvalue weighted by Gasteiger charge is -2.09. The van der Waals surface area contributed by atoms with Crippen LogP contribution in [0.5, 0.6) is 11.5 Å². The Bertz CT molecular complexity index is 574. The zero-order chi connectivity index (χ0) is 14.4. The van der Waals surface area contributed by atoms with Gasteiger partial charge in [0.2, 0.25) is 0 Å². The predicted molar refractivity (Wildman–Crippen MR) is 79.9 cm³/mol. The Kier molecular flexibility index (Phi) is 5.39. The monoisotopic (exact) mass is 293 g/mol. The molecule has 2 rings (SSSR count). The van der Waals surface area contributed by atoms with Crippen molar-refractivity contribution in [2.45, 2.75) is 19.9 Å². The molecule has 0 aliphatic heterocycles. The second-order valence-corrected chi connectivity index (χ2v) is 4.89. The number of ether oxygens (including phenoxy) is 1. The smallest absolute Gasteiger partial charge is 0.184 e. The van der Waals surface area contributed by atoms with Crippen LogP contribution in [0.4, 0.5) is 4.39 Å². The van der Waals surface area contributed by atoms with E-state index in [0.29, 0.717) is 5.75 Å². The number of benzene rings is 2. The van der Waals surface area contributed by atoms with E-state index in [9.17, 15) is 4.39 Å². The number of halogens is 2. The molecule has 0 bridgehead atoms. The van der Waals surface area contributed by atoms with E-state index in [1.165, 1.54) is 6.07 Å². The third kappa shape index (κ3) is 3.95. The molecule has 2 aromatic rings. The van der Waals surface area contributed by atoms with Gasteiger partial charge in [0, 0.05) is 6.54 Å². The first-order chi connectivity index (χ1) is 9.70. The zero-order valence-corrected chi connectivity index (χ0v) is 12.1. The number of rotatable bonds is 6. The molecule has 0 saturated carbocycles. The molecule has 0 unspecified atom stereocenters. The molecule has 0 aliphatic carbocycles. The highest BCUT2D eigenvalue weighted by Crippen LogP contribution is 2.29. The van der Waals surface area contributed by atoms with E-state index in [0.717, 1.165) is 25.1 Å². The van der Waals surface area contributed by atoms with Gasteiger partial charge in [-0.15, -0.1) is 0 Å². The van der Waals surface area contributed by atoms with Crippen molar-refractivity contribution in [3.05, 3.63) is 58.9 Å². The largest absolute Gasteiger partial charge is 0.454 e. The first-order valence-electron chi connectivity index (χ1n) is 6.62. The summed E-state index contributed by atoms with van der Waals surface area (Å²) in [6.07, 6.45) is 1.09. The molecule has 0 saturated heterocycles. The van der Waals surface area contributed by atoms with Crippen LogP contribution in [0.1, 0.15) is 18.9 Å². The van der Waals surface area contributed by atoms with Crippen molar-refractivity contribution in [2.75, 3.05) is 6.54 Å². The lowest BCUT2D eigenvalue weighted by molar-refractivity contribution is 0.442. The molecular formula is C16H17ClFNO. The standard InChI is InChI=1S/C16H17ClFNO/c1-2-9-19-11-12-5-3-6-13(10-12)20-15-8-4-7-14(17)16(15)18/h3-8,10,19H,2,9,11H2,1H3. The van der Waals surface area contributed by atoms with E-state index < -0.39 is 5.82 Å². The molecule has 106 valence electrons. The Morgan fingerprint density at radius 1 is 1.20 bits per heavy atom. The molecule has 0 heterocycles. The summed E-state index contributed by atoms with van der Waals surface area (Å²) in [6.45, 7) is 3.85. The lowest BCUT2D eigenvalue weighted by Crippen LogP contribution is -2.13. The van der Waals surface area contributed by atoms with Crippen LogP contribution in [-0.4, -0.2) is 6.54 Å². The van der Waals surface area contributed by atoms with E-state index in [1.54, 1.807) is 18.2 Å². The van der Waals surface area contributed by atoms with Crippen molar-refractivity contribution in [1.82, 2.24) is 5.32 Å². The first-order valence-corrected chi connectivity index (χ1v) is 7.00. The van der Waals surface area contributed by atoms with E-state index in [2.05, 4.69) is 12.2 Å². The summed E-state index contributed by atoms with van der Waals surface area (Å²) in [4.78, 5) is 0. The minimum absolute atomic E-state index is 0.0586. The lowest BCUT2D eigenvalue weighted by atomic mass is 10.2. The number of hydrogen-bond donors (Lipinski definition) is 1. The van der Waals surface area contributed by atoms with Crippen LogP contribution < -0.4 is 10.1 Å². The van der Waals surface area contributed by atoms with Crippen LogP contribution in [-0.2, 0) is 6.54 Å². The predicted octanol–water partition coefficient (Wildman–Crippen LogP) is 4.77. The summed E-state index contributed by atoms with van der Waals surface area (Å²) in [5.41, 5.74) is 1.10.